The molecule has 3 aromatic carbocycles. The van der Waals surface area contributed by atoms with E-state index < -0.39 is 8.80 Å². The lowest BCUT2D eigenvalue weighted by atomic mass is 10.2. The zero-order valence-corrected chi connectivity index (χ0v) is 13.8. The van der Waals surface area contributed by atoms with Crippen molar-refractivity contribution in [3.05, 3.63) is 96.3 Å². The lowest BCUT2D eigenvalue weighted by Gasteiger charge is -2.24. The summed E-state index contributed by atoms with van der Waals surface area (Å²) in [6.07, 6.45) is 0. The highest BCUT2D eigenvalue weighted by atomic mass is 28.3. The molecule has 0 saturated heterocycles. The first kappa shape index (κ1) is 14.7. The maximum absolute atomic E-state index is 13.6. The Kier molecular flexibility index (Phi) is 4.49. The Morgan fingerprint density at radius 3 is 1.77 bits per heavy atom. The number of rotatable bonds is 4. The van der Waals surface area contributed by atoms with E-state index in [1.165, 1.54) is 16.4 Å². The minimum atomic E-state index is -1.46. The fourth-order valence-corrected chi connectivity index (χ4v) is 6.48. The molecule has 0 nitrogen and oxygen atoms in total. The molecule has 0 bridgehead atoms. The van der Waals surface area contributed by atoms with E-state index >= 15 is 0 Å². The van der Waals surface area contributed by atoms with Crippen molar-refractivity contribution in [2.75, 3.05) is 0 Å². The lowest BCUT2D eigenvalue weighted by Crippen LogP contribution is -2.46. The van der Waals surface area contributed by atoms with Gasteiger partial charge in [0.2, 0.25) is 0 Å². The van der Waals surface area contributed by atoms with E-state index in [9.17, 15) is 4.39 Å². The van der Waals surface area contributed by atoms with Crippen molar-refractivity contribution in [3.8, 4) is 0 Å². The summed E-state index contributed by atoms with van der Waals surface area (Å²) < 4.78 is 13.6. The molecule has 22 heavy (non-hydrogen) atoms. The summed E-state index contributed by atoms with van der Waals surface area (Å²) in [5.41, 5.74) is 1.42. The number of hydrogen-bond acceptors (Lipinski definition) is 0. The topological polar surface area (TPSA) is 0 Å². The maximum atomic E-state index is 13.6. The average Bonchev–Trinajstić information content (AvgIpc) is 2.57. The van der Waals surface area contributed by atoms with Gasteiger partial charge in [0.15, 0.2) is 0 Å². The van der Waals surface area contributed by atoms with Crippen LogP contribution in [0.15, 0.2) is 84.9 Å². The van der Waals surface area contributed by atoms with E-state index in [4.69, 9.17) is 0 Å². The molecule has 0 aromatic heterocycles. The third-order valence-electron chi connectivity index (χ3n) is 4.19. The summed E-state index contributed by atoms with van der Waals surface area (Å²) in [7, 11) is -1.46. The molecular formula is C20H19FSi. The van der Waals surface area contributed by atoms with Gasteiger partial charge in [-0.1, -0.05) is 90.1 Å². The molecule has 0 aliphatic rings. The van der Waals surface area contributed by atoms with E-state index in [1.807, 2.05) is 24.3 Å². The van der Waals surface area contributed by atoms with Gasteiger partial charge in [0.25, 0.3) is 0 Å². The van der Waals surface area contributed by atoms with Crippen LogP contribution in [-0.2, 0) is 0 Å². The minimum absolute atomic E-state index is 0.154. The molecular weight excluding hydrogens is 287 g/mol. The molecule has 0 radical (unpaired) electrons. The van der Waals surface area contributed by atoms with Gasteiger partial charge in [-0.2, -0.15) is 0 Å². The molecule has 110 valence electrons. The molecule has 0 aliphatic heterocycles. The molecule has 0 spiro atoms. The standard InChI is InChI=1S/C20H19FSi/c1-16(17-9-8-10-18(21)15-17)22(19-11-4-2-5-12-19)20-13-6-3-7-14-20/h2-16,22H,1H3/t16-/m1/s1. The summed E-state index contributed by atoms with van der Waals surface area (Å²) in [6.45, 7) is 2.23. The molecule has 0 unspecified atom stereocenters. The predicted molar refractivity (Wildman–Crippen MR) is 94.1 cm³/mol. The van der Waals surface area contributed by atoms with Crippen LogP contribution in [0.5, 0.6) is 0 Å². The number of hydrogen-bond donors (Lipinski definition) is 0. The molecule has 2 heteroatoms. The molecule has 0 saturated carbocycles. The zero-order valence-electron chi connectivity index (χ0n) is 12.6. The van der Waals surface area contributed by atoms with Crippen molar-refractivity contribution in [2.24, 2.45) is 0 Å². The summed E-state index contributed by atoms with van der Waals surface area (Å²) in [6, 6.07) is 28.3. The average molecular weight is 306 g/mol. The fraction of sp³-hybridized carbons (Fsp3) is 0.100. The van der Waals surface area contributed by atoms with Crippen LogP contribution in [0.3, 0.4) is 0 Å². The van der Waals surface area contributed by atoms with E-state index in [0.29, 0.717) is 5.54 Å². The van der Waals surface area contributed by atoms with E-state index in [-0.39, 0.29) is 5.82 Å². The predicted octanol–water partition coefficient (Wildman–Crippen LogP) is 3.51. The van der Waals surface area contributed by atoms with Crippen LogP contribution in [-0.4, -0.2) is 8.80 Å². The molecule has 0 heterocycles. The molecule has 0 aliphatic carbocycles. The Bertz CT molecular complexity index is 685. The van der Waals surface area contributed by atoms with Gasteiger partial charge in [0, 0.05) is 0 Å². The number of benzene rings is 3. The molecule has 0 amide bonds. The van der Waals surface area contributed by atoms with E-state index in [0.717, 1.165) is 5.56 Å². The highest BCUT2D eigenvalue weighted by Gasteiger charge is 2.24. The molecule has 3 rings (SSSR count). The van der Waals surface area contributed by atoms with Crippen LogP contribution >= 0.6 is 0 Å². The molecule has 0 N–H and O–H groups in total. The second-order valence-corrected chi connectivity index (χ2v) is 8.93. The van der Waals surface area contributed by atoms with Crippen molar-refractivity contribution in [2.45, 2.75) is 12.5 Å². The summed E-state index contributed by atoms with van der Waals surface area (Å²) in [5.74, 6) is -0.154. The van der Waals surface area contributed by atoms with Crippen LogP contribution in [0.1, 0.15) is 18.0 Å². The lowest BCUT2D eigenvalue weighted by molar-refractivity contribution is 0.625. The van der Waals surface area contributed by atoms with E-state index in [2.05, 4.69) is 55.5 Å². The first-order valence-corrected chi connectivity index (χ1v) is 9.43. The van der Waals surface area contributed by atoms with Crippen LogP contribution in [0.4, 0.5) is 4.39 Å². The van der Waals surface area contributed by atoms with Gasteiger partial charge in [-0.25, -0.2) is 4.39 Å². The van der Waals surface area contributed by atoms with Gasteiger partial charge in [0.05, 0.1) is 0 Å². The highest BCUT2D eigenvalue weighted by molar-refractivity contribution is 6.86. The zero-order chi connectivity index (χ0) is 15.4. The van der Waals surface area contributed by atoms with Gasteiger partial charge in [-0.05, 0) is 23.2 Å². The van der Waals surface area contributed by atoms with Gasteiger partial charge < -0.3 is 0 Å². The normalized spacial score (nSPS) is 12.3. The minimum Gasteiger partial charge on any atom is -0.207 e. The van der Waals surface area contributed by atoms with Crippen molar-refractivity contribution >= 4 is 19.2 Å². The molecule has 1 atom stereocenters. The van der Waals surface area contributed by atoms with Crippen molar-refractivity contribution in [1.29, 1.82) is 0 Å². The Hall–Kier alpha value is -2.19. The smallest absolute Gasteiger partial charge is 0.123 e. The van der Waals surface area contributed by atoms with Crippen molar-refractivity contribution in [1.82, 2.24) is 0 Å². The molecule has 0 fully saturated rings. The summed E-state index contributed by atoms with van der Waals surface area (Å²) in [4.78, 5) is 0. The van der Waals surface area contributed by atoms with Crippen molar-refractivity contribution in [3.63, 3.8) is 0 Å². The van der Waals surface area contributed by atoms with Crippen molar-refractivity contribution < 1.29 is 4.39 Å². The Morgan fingerprint density at radius 1 is 0.727 bits per heavy atom. The first-order valence-electron chi connectivity index (χ1n) is 7.61. The van der Waals surface area contributed by atoms with Gasteiger partial charge in [-0.15, -0.1) is 0 Å². The summed E-state index contributed by atoms with van der Waals surface area (Å²) >= 11 is 0. The van der Waals surface area contributed by atoms with Crippen LogP contribution in [0.25, 0.3) is 0 Å². The Balaban J connectivity index is 2.06. The fourth-order valence-electron chi connectivity index (χ4n) is 3.07. The molecule has 3 aromatic rings. The first-order chi connectivity index (χ1) is 10.8. The van der Waals surface area contributed by atoms with Gasteiger partial charge in [0.1, 0.15) is 14.6 Å². The number of halogens is 1. The second kappa shape index (κ2) is 6.71. The third kappa shape index (κ3) is 3.17. The van der Waals surface area contributed by atoms with Gasteiger partial charge in [-0.3, -0.25) is 0 Å². The Labute approximate surface area is 132 Å². The quantitative estimate of drug-likeness (QED) is 0.647. The third-order valence-corrected chi connectivity index (χ3v) is 7.78. The van der Waals surface area contributed by atoms with Crippen LogP contribution in [0, 0.1) is 5.82 Å². The Morgan fingerprint density at radius 2 is 1.27 bits per heavy atom. The SMILES string of the molecule is C[C@H](c1cccc(F)c1)[SiH](c1ccccc1)c1ccccc1. The van der Waals surface area contributed by atoms with Crippen LogP contribution in [0.2, 0.25) is 0 Å². The second-order valence-electron chi connectivity index (χ2n) is 5.64. The summed E-state index contributed by atoms with van der Waals surface area (Å²) in [5, 5.41) is 2.79. The van der Waals surface area contributed by atoms with Crippen LogP contribution < -0.4 is 10.4 Å². The maximum Gasteiger partial charge on any atom is 0.123 e. The van der Waals surface area contributed by atoms with Gasteiger partial charge >= 0.3 is 0 Å². The van der Waals surface area contributed by atoms with E-state index in [1.54, 1.807) is 6.07 Å². The highest BCUT2D eigenvalue weighted by Crippen LogP contribution is 2.19. The monoisotopic (exact) mass is 306 g/mol. The largest absolute Gasteiger partial charge is 0.207 e.